The Morgan fingerprint density at radius 3 is 2.95 bits per heavy atom. The lowest BCUT2D eigenvalue weighted by Crippen LogP contribution is -2.53. The normalized spacial score (nSPS) is 29.1. The molecule has 2 saturated heterocycles. The maximum atomic E-state index is 12.3. The van der Waals surface area contributed by atoms with Gasteiger partial charge in [0.05, 0.1) is 12.5 Å². The summed E-state index contributed by atoms with van der Waals surface area (Å²) in [6, 6.07) is 0.480. The Kier molecular flexibility index (Phi) is 7.42. The van der Waals surface area contributed by atoms with Gasteiger partial charge in [0.15, 0.2) is 0 Å². The van der Waals surface area contributed by atoms with Crippen LogP contribution >= 0.6 is 12.4 Å². The third-order valence-electron chi connectivity index (χ3n) is 4.24. The number of amides is 2. The van der Waals surface area contributed by atoms with Crippen molar-refractivity contribution in [3.8, 4) is 0 Å². The summed E-state index contributed by atoms with van der Waals surface area (Å²) in [5.74, 6) is -0.149. The van der Waals surface area contributed by atoms with Crippen LogP contribution in [0.5, 0.6) is 0 Å². The highest BCUT2D eigenvalue weighted by Crippen LogP contribution is 2.19. The minimum atomic E-state index is -0.214. The molecule has 0 saturated carbocycles. The molecule has 0 aliphatic carbocycles. The number of carbonyl (C=O) groups is 2. The van der Waals surface area contributed by atoms with E-state index in [1.807, 2.05) is 0 Å². The van der Waals surface area contributed by atoms with Crippen molar-refractivity contribution < 1.29 is 14.3 Å². The molecule has 122 valence electrons. The quantitative estimate of drug-likeness (QED) is 0.757. The second-order valence-corrected chi connectivity index (χ2v) is 5.73. The Morgan fingerprint density at radius 2 is 2.29 bits per heavy atom. The van der Waals surface area contributed by atoms with E-state index in [4.69, 9.17) is 4.74 Å². The molecule has 3 atom stereocenters. The van der Waals surface area contributed by atoms with Gasteiger partial charge in [-0.05, 0) is 26.3 Å². The number of likely N-dealkylation sites (tertiary alicyclic amines) is 1. The highest BCUT2D eigenvalue weighted by atomic mass is 35.5. The summed E-state index contributed by atoms with van der Waals surface area (Å²) < 4.78 is 4.98. The summed E-state index contributed by atoms with van der Waals surface area (Å²) in [5, 5.41) is 6.46. The number of halogens is 1. The SMILES string of the molecule is COCCN1CC(C(=O)NC2CCCNC2C)CC1=O.Cl. The Hall–Kier alpha value is -0.850. The van der Waals surface area contributed by atoms with E-state index < -0.39 is 0 Å². The molecule has 0 aromatic carbocycles. The minimum Gasteiger partial charge on any atom is -0.383 e. The van der Waals surface area contributed by atoms with Crippen molar-refractivity contribution in [2.45, 2.75) is 38.3 Å². The van der Waals surface area contributed by atoms with Crippen LogP contribution in [0.15, 0.2) is 0 Å². The summed E-state index contributed by atoms with van der Waals surface area (Å²) in [7, 11) is 1.61. The number of hydrogen-bond donors (Lipinski definition) is 2. The molecule has 2 N–H and O–H groups in total. The van der Waals surface area contributed by atoms with Crippen molar-refractivity contribution in [3.63, 3.8) is 0 Å². The Balaban J connectivity index is 0.00000220. The van der Waals surface area contributed by atoms with Crippen LogP contribution in [0.25, 0.3) is 0 Å². The predicted molar refractivity (Wildman–Crippen MR) is 82.4 cm³/mol. The number of nitrogens with zero attached hydrogens (tertiary/aromatic N) is 1. The molecule has 21 heavy (non-hydrogen) atoms. The van der Waals surface area contributed by atoms with Crippen LogP contribution in [0, 0.1) is 5.92 Å². The van der Waals surface area contributed by atoms with E-state index in [0.29, 0.717) is 32.2 Å². The number of piperidine rings is 1. The summed E-state index contributed by atoms with van der Waals surface area (Å²) >= 11 is 0. The number of ether oxygens (including phenoxy) is 1. The van der Waals surface area contributed by atoms with Crippen molar-refractivity contribution in [2.24, 2.45) is 5.92 Å². The lowest BCUT2D eigenvalue weighted by atomic mass is 9.98. The van der Waals surface area contributed by atoms with Crippen molar-refractivity contribution in [1.82, 2.24) is 15.5 Å². The lowest BCUT2D eigenvalue weighted by Gasteiger charge is -2.31. The summed E-state index contributed by atoms with van der Waals surface area (Å²) in [6.07, 6.45) is 2.41. The first kappa shape index (κ1) is 18.2. The van der Waals surface area contributed by atoms with Gasteiger partial charge in [0.1, 0.15) is 0 Å². The van der Waals surface area contributed by atoms with Gasteiger partial charge in [-0.25, -0.2) is 0 Å². The zero-order valence-corrected chi connectivity index (χ0v) is 13.6. The summed E-state index contributed by atoms with van der Waals surface area (Å²) in [6.45, 7) is 4.71. The Labute approximate surface area is 132 Å². The molecule has 2 heterocycles. The van der Waals surface area contributed by atoms with Crippen molar-refractivity contribution in [3.05, 3.63) is 0 Å². The third-order valence-corrected chi connectivity index (χ3v) is 4.24. The van der Waals surface area contributed by atoms with Gasteiger partial charge in [0.25, 0.3) is 0 Å². The van der Waals surface area contributed by atoms with Gasteiger partial charge in [-0.1, -0.05) is 0 Å². The Morgan fingerprint density at radius 1 is 1.52 bits per heavy atom. The molecule has 2 aliphatic rings. The molecule has 3 unspecified atom stereocenters. The van der Waals surface area contributed by atoms with Crippen LogP contribution in [0.4, 0.5) is 0 Å². The van der Waals surface area contributed by atoms with Crippen LogP contribution in [-0.4, -0.2) is 62.1 Å². The molecule has 0 spiro atoms. The molecule has 0 radical (unpaired) electrons. The first-order valence-electron chi connectivity index (χ1n) is 7.42. The number of hydrogen-bond acceptors (Lipinski definition) is 4. The molecule has 2 aliphatic heterocycles. The average Bonchev–Trinajstić information content (AvgIpc) is 2.80. The first-order valence-corrected chi connectivity index (χ1v) is 7.42. The number of methoxy groups -OCH3 is 1. The van der Waals surface area contributed by atoms with Crippen LogP contribution < -0.4 is 10.6 Å². The van der Waals surface area contributed by atoms with E-state index in [-0.39, 0.29) is 36.2 Å². The number of carbonyl (C=O) groups excluding carboxylic acids is 2. The Bertz CT molecular complexity index is 367. The summed E-state index contributed by atoms with van der Waals surface area (Å²) in [5.41, 5.74) is 0. The predicted octanol–water partition coefficient (Wildman–Crippen LogP) is 0.160. The molecular formula is C14H26ClN3O3. The first-order chi connectivity index (χ1) is 9.61. The fourth-order valence-electron chi connectivity index (χ4n) is 2.91. The fraction of sp³-hybridized carbons (Fsp3) is 0.857. The topological polar surface area (TPSA) is 70.7 Å². The van der Waals surface area contributed by atoms with E-state index >= 15 is 0 Å². The molecule has 0 aromatic heterocycles. The van der Waals surface area contributed by atoms with E-state index in [9.17, 15) is 9.59 Å². The van der Waals surface area contributed by atoms with E-state index in [1.165, 1.54) is 0 Å². The van der Waals surface area contributed by atoms with E-state index in [0.717, 1.165) is 19.4 Å². The van der Waals surface area contributed by atoms with Crippen LogP contribution in [0.3, 0.4) is 0 Å². The lowest BCUT2D eigenvalue weighted by molar-refractivity contribution is -0.129. The molecule has 2 amide bonds. The van der Waals surface area contributed by atoms with Crippen molar-refractivity contribution in [2.75, 3.05) is 33.4 Å². The van der Waals surface area contributed by atoms with Gasteiger partial charge in [0.2, 0.25) is 11.8 Å². The minimum absolute atomic E-state index is 0. The monoisotopic (exact) mass is 319 g/mol. The second-order valence-electron chi connectivity index (χ2n) is 5.73. The molecule has 7 heteroatoms. The highest BCUT2D eigenvalue weighted by molar-refractivity contribution is 5.89. The van der Waals surface area contributed by atoms with Crippen LogP contribution in [-0.2, 0) is 14.3 Å². The molecule has 2 rings (SSSR count). The van der Waals surface area contributed by atoms with Gasteiger partial charge >= 0.3 is 0 Å². The van der Waals surface area contributed by atoms with Crippen molar-refractivity contribution >= 4 is 24.2 Å². The third kappa shape index (κ3) is 4.83. The van der Waals surface area contributed by atoms with E-state index in [1.54, 1.807) is 12.0 Å². The van der Waals surface area contributed by atoms with Gasteiger partial charge in [-0.15, -0.1) is 12.4 Å². The standard InChI is InChI=1S/C14H25N3O3.ClH/c1-10-12(4-3-5-15-10)16-14(19)11-8-13(18)17(9-11)6-7-20-2;/h10-12,15H,3-9H2,1-2H3,(H,16,19);1H. The molecule has 6 nitrogen and oxygen atoms in total. The number of rotatable bonds is 5. The van der Waals surface area contributed by atoms with Gasteiger partial charge < -0.3 is 20.3 Å². The van der Waals surface area contributed by atoms with Gasteiger partial charge in [-0.2, -0.15) is 0 Å². The zero-order chi connectivity index (χ0) is 14.5. The summed E-state index contributed by atoms with van der Waals surface area (Å²) in [4.78, 5) is 25.8. The molecular weight excluding hydrogens is 294 g/mol. The molecule has 2 fully saturated rings. The van der Waals surface area contributed by atoms with E-state index in [2.05, 4.69) is 17.6 Å². The second kappa shape index (κ2) is 8.56. The van der Waals surface area contributed by atoms with Crippen molar-refractivity contribution in [1.29, 1.82) is 0 Å². The largest absolute Gasteiger partial charge is 0.383 e. The smallest absolute Gasteiger partial charge is 0.225 e. The zero-order valence-electron chi connectivity index (χ0n) is 12.8. The number of nitrogens with one attached hydrogen (secondary N) is 2. The van der Waals surface area contributed by atoms with Crippen LogP contribution in [0.1, 0.15) is 26.2 Å². The van der Waals surface area contributed by atoms with Crippen LogP contribution in [0.2, 0.25) is 0 Å². The maximum Gasteiger partial charge on any atom is 0.225 e. The average molecular weight is 320 g/mol. The fourth-order valence-corrected chi connectivity index (χ4v) is 2.91. The molecule has 0 aromatic rings. The van der Waals surface area contributed by atoms with Gasteiger partial charge in [-0.3, -0.25) is 9.59 Å². The highest BCUT2D eigenvalue weighted by Gasteiger charge is 2.35. The van der Waals surface area contributed by atoms with Gasteiger partial charge in [0, 0.05) is 38.7 Å². The maximum absolute atomic E-state index is 12.3. The molecule has 0 bridgehead atoms.